The van der Waals surface area contributed by atoms with E-state index in [4.69, 9.17) is 4.74 Å². The third kappa shape index (κ3) is 5.00. The summed E-state index contributed by atoms with van der Waals surface area (Å²) < 4.78 is 35.3. The minimum Gasteiger partial charge on any atom is -0.497 e. The van der Waals surface area contributed by atoms with Crippen LogP contribution >= 0.6 is 0 Å². The summed E-state index contributed by atoms with van der Waals surface area (Å²) in [4.78, 5) is 4.52. The Kier molecular flexibility index (Phi) is 6.67. The second-order valence-corrected chi connectivity index (χ2v) is 8.47. The van der Waals surface area contributed by atoms with Crippen LogP contribution in [0.15, 0.2) is 72.8 Å². The molecule has 2 heterocycles. The van der Waals surface area contributed by atoms with Gasteiger partial charge in [-0.3, -0.25) is 4.90 Å². The number of rotatable bonds is 7. The van der Waals surface area contributed by atoms with E-state index in [1.54, 1.807) is 36.1 Å². The van der Waals surface area contributed by atoms with Crippen LogP contribution in [-0.2, 0) is 6.54 Å². The van der Waals surface area contributed by atoms with Crippen molar-refractivity contribution in [2.75, 3.05) is 38.2 Å². The standard InChI is InChI=1S/C26H26F2N6O/c1-35-22-12-10-21(11-13-22)32-14-16-33(17-15-32)25(23-4-2-3-5-24(23)28)26-29-30-31-34(26)18-19-6-8-20(27)9-7-19/h2-13,25H,14-18H2,1H3. The maximum atomic E-state index is 15.0. The number of halogens is 2. The van der Waals surface area contributed by atoms with Gasteiger partial charge in [-0.2, -0.15) is 0 Å². The second kappa shape index (κ2) is 10.2. The fourth-order valence-electron chi connectivity index (χ4n) is 4.51. The lowest BCUT2D eigenvalue weighted by molar-refractivity contribution is 0.198. The van der Waals surface area contributed by atoms with E-state index in [9.17, 15) is 4.39 Å². The number of hydrogen-bond acceptors (Lipinski definition) is 6. The Labute approximate surface area is 202 Å². The zero-order valence-corrected chi connectivity index (χ0v) is 19.4. The number of aromatic nitrogens is 4. The van der Waals surface area contributed by atoms with Gasteiger partial charge in [0, 0.05) is 37.4 Å². The van der Waals surface area contributed by atoms with E-state index in [2.05, 4.69) is 25.3 Å². The van der Waals surface area contributed by atoms with E-state index in [0.29, 0.717) is 31.0 Å². The van der Waals surface area contributed by atoms with Gasteiger partial charge in [-0.1, -0.05) is 30.3 Å². The molecular weight excluding hydrogens is 450 g/mol. The van der Waals surface area contributed by atoms with Crippen LogP contribution in [0.3, 0.4) is 0 Å². The van der Waals surface area contributed by atoms with E-state index in [0.717, 1.165) is 30.1 Å². The van der Waals surface area contributed by atoms with Gasteiger partial charge in [0.1, 0.15) is 23.4 Å². The minimum atomic E-state index is -0.454. The molecule has 1 fully saturated rings. The fraction of sp³-hybridized carbons (Fsp3) is 0.269. The van der Waals surface area contributed by atoms with Gasteiger partial charge in [-0.15, -0.1) is 5.10 Å². The number of tetrazole rings is 1. The lowest BCUT2D eigenvalue weighted by atomic mass is 10.0. The van der Waals surface area contributed by atoms with Crippen molar-refractivity contribution >= 4 is 5.69 Å². The SMILES string of the molecule is COc1ccc(N2CCN(C(c3ccccc3F)c3nnnn3Cc3ccc(F)cc3)CC2)cc1. The molecule has 0 N–H and O–H groups in total. The smallest absolute Gasteiger partial charge is 0.173 e. The molecule has 1 aromatic heterocycles. The number of benzene rings is 3. The molecule has 0 spiro atoms. The Balaban J connectivity index is 1.41. The van der Waals surface area contributed by atoms with E-state index in [1.807, 2.05) is 30.3 Å². The molecule has 1 atom stereocenters. The first-order chi connectivity index (χ1) is 17.1. The monoisotopic (exact) mass is 476 g/mol. The van der Waals surface area contributed by atoms with Gasteiger partial charge in [-0.05, 0) is 58.5 Å². The molecule has 5 rings (SSSR count). The molecule has 1 aliphatic heterocycles. The van der Waals surface area contributed by atoms with Crippen LogP contribution in [-0.4, -0.2) is 58.4 Å². The van der Waals surface area contributed by atoms with Crippen LogP contribution in [0.4, 0.5) is 14.5 Å². The maximum absolute atomic E-state index is 15.0. The lowest BCUT2D eigenvalue weighted by Gasteiger charge is -2.40. The predicted molar refractivity (Wildman–Crippen MR) is 128 cm³/mol. The molecule has 35 heavy (non-hydrogen) atoms. The summed E-state index contributed by atoms with van der Waals surface area (Å²) in [5.74, 6) is 0.772. The van der Waals surface area contributed by atoms with Crippen LogP contribution < -0.4 is 9.64 Å². The normalized spacial score (nSPS) is 15.2. The lowest BCUT2D eigenvalue weighted by Crippen LogP contribution is -2.48. The number of piperazine rings is 1. The van der Waals surface area contributed by atoms with Crippen LogP contribution in [0.25, 0.3) is 0 Å². The summed E-state index contributed by atoms with van der Waals surface area (Å²) in [6.07, 6.45) is 0. The molecule has 0 radical (unpaired) electrons. The summed E-state index contributed by atoms with van der Waals surface area (Å²) in [6.45, 7) is 3.32. The molecule has 1 unspecified atom stereocenters. The Morgan fingerprint density at radius 3 is 2.29 bits per heavy atom. The number of nitrogens with zero attached hydrogens (tertiary/aromatic N) is 6. The van der Waals surface area contributed by atoms with E-state index in [-0.39, 0.29) is 11.6 Å². The number of ether oxygens (including phenoxy) is 1. The highest BCUT2D eigenvalue weighted by Gasteiger charge is 2.32. The average Bonchev–Trinajstić information content (AvgIpc) is 3.35. The molecule has 0 aliphatic carbocycles. The number of hydrogen-bond donors (Lipinski definition) is 0. The van der Waals surface area contributed by atoms with Gasteiger partial charge in [0.05, 0.1) is 13.7 Å². The maximum Gasteiger partial charge on any atom is 0.173 e. The predicted octanol–water partition coefficient (Wildman–Crippen LogP) is 3.92. The highest BCUT2D eigenvalue weighted by Crippen LogP contribution is 2.31. The van der Waals surface area contributed by atoms with Crippen LogP contribution in [0, 0.1) is 11.6 Å². The zero-order chi connectivity index (χ0) is 24.2. The van der Waals surface area contributed by atoms with E-state index < -0.39 is 6.04 Å². The third-order valence-corrected chi connectivity index (χ3v) is 6.37. The number of methoxy groups -OCH3 is 1. The highest BCUT2D eigenvalue weighted by atomic mass is 19.1. The third-order valence-electron chi connectivity index (χ3n) is 6.37. The van der Waals surface area contributed by atoms with Crippen LogP contribution in [0.5, 0.6) is 5.75 Å². The van der Waals surface area contributed by atoms with E-state index >= 15 is 4.39 Å². The fourth-order valence-corrected chi connectivity index (χ4v) is 4.51. The van der Waals surface area contributed by atoms with Crippen molar-refractivity contribution < 1.29 is 13.5 Å². The van der Waals surface area contributed by atoms with Crippen LogP contribution in [0.1, 0.15) is 23.0 Å². The first-order valence-corrected chi connectivity index (χ1v) is 11.5. The topological polar surface area (TPSA) is 59.3 Å². The highest BCUT2D eigenvalue weighted by molar-refractivity contribution is 5.49. The second-order valence-electron chi connectivity index (χ2n) is 8.47. The van der Waals surface area contributed by atoms with Gasteiger partial charge >= 0.3 is 0 Å². The van der Waals surface area contributed by atoms with Crippen molar-refractivity contribution in [2.24, 2.45) is 0 Å². The Bertz CT molecular complexity index is 1250. The Hall–Kier alpha value is -3.85. The molecule has 0 saturated carbocycles. The van der Waals surface area contributed by atoms with E-state index in [1.165, 1.54) is 18.2 Å². The molecule has 9 heteroatoms. The molecule has 180 valence electrons. The minimum absolute atomic E-state index is 0.300. The molecule has 0 amide bonds. The van der Waals surface area contributed by atoms with Gasteiger partial charge in [0.2, 0.25) is 0 Å². The quantitative estimate of drug-likeness (QED) is 0.403. The van der Waals surface area contributed by atoms with Gasteiger partial charge in [0.25, 0.3) is 0 Å². The van der Waals surface area contributed by atoms with Gasteiger partial charge < -0.3 is 9.64 Å². The van der Waals surface area contributed by atoms with Gasteiger partial charge in [0.15, 0.2) is 5.82 Å². The molecular formula is C26H26F2N6O. The largest absolute Gasteiger partial charge is 0.497 e. The summed E-state index contributed by atoms with van der Waals surface area (Å²) in [5.41, 5.74) is 2.51. The van der Waals surface area contributed by atoms with Crippen molar-refractivity contribution in [1.82, 2.24) is 25.1 Å². The Morgan fingerprint density at radius 2 is 1.60 bits per heavy atom. The van der Waals surface area contributed by atoms with Gasteiger partial charge in [-0.25, -0.2) is 13.5 Å². The number of anilines is 1. The molecule has 0 bridgehead atoms. The summed E-state index contributed by atoms with van der Waals surface area (Å²) in [7, 11) is 1.65. The molecule has 3 aromatic carbocycles. The molecule has 1 aliphatic rings. The summed E-state index contributed by atoms with van der Waals surface area (Å²) in [5, 5.41) is 12.4. The summed E-state index contributed by atoms with van der Waals surface area (Å²) in [6, 6.07) is 20.5. The molecule has 4 aromatic rings. The van der Waals surface area contributed by atoms with Crippen molar-refractivity contribution in [2.45, 2.75) is 12.6 Å². The molecule has 1 saturated heterocycles. The van der Waals surface area contributed by atoms with Crippen molar-refractivity contribution in [3.05, 3.63) is 101 Å². The van der Waals surface area contributed by atoms with Crippen LogP contribution in [0.2, 0.25) is 0 Å². The molecule has 7 nitrogen and oxygen atoms in total. The zero-order valence-electron chi connectivity index (χ0n) is 19.4. The average molecular weight is 477 g/mol. The first kappa shape index (κ1) is 22.9. The van der Waals surface area contributed by atoms with Crippen molar-refractivity contribution in [1.29, 1.82) is 0 Å². The Morgan fingerprint density at radius 1 is 0.886 bits per heavy atom. The summed E-state index contributed by atoms with van der Waals surface area (Å²) >= 11 is 0. The van der Waals surface area contributed by atoms with Crippen molar-refractivity contribution in [3.63, 3.8) is 0 Å². The first-order valence-electron chi connectivity index (χ1n) is 11.5. The van der Waals surface area contributed by atoms with Crippen molar-refractivity contribution in [3.8, 4) is 5.75 Å².